The smallest absolute Gasteiger partial charge is 0.227 e. The second-order valence-electron chi connectivity index (χ2n) is 7.03. The van der Waals surface area contributed by atoms with Gasteiger partial charge in [-0.25, -0.2) is 4.98 Å². The minimum Gasteiger partial charge on any atom is -0.391 e. The molecule has 7 heteroatoms. The van der Waals surface area contributed by atoms with Crippen LogP contribution in [0.3, 0.4) is 0 Å². The molecule has 0 unspecified atom stereocenters. The summed E-state index contributed by atoms with van der Waals surface area (Å²) in [6, 6.07) is 0.742. The first-order valence-electron chi connectivity index (χ1n) is 8.84. The minimum atomic E-state index is -0.464. The Kier molecular flexibility index (Phi) is 4.62. The number of nitrogens with zero attached hydrogens (tertiary/aromatic N) is 5. The zero-order chi connectivity index (χ0) is 17.4. The molecule has 0 saturated heterocycles. The lowest BCUT2D eigenvalue weighted by Crippen LogP contribution is -2.32. The number of fused-ring (bicyclic) bond motifs is 1. The standard InChI is InChI=1S/C17H28N6O/c1-6-13(11(4)24)19-17-20-15(22(5)12-7-8-12)14-16(21-17)23(9-18-14)10(2)3/h9-13,24H,6-8H2,1-5H3,(H,19,20,21)/t11-,13+/m1/s1. The fraction of sp³-hybridized carbons (Fsp3) is 0.706. The zero-order valence-corrected chi connectivity index (χ0v) is 15.2. The van der Waals surface area contributed by atoms with Crippen LogP contribution in [0.2, 0.25) is 0 Å². The van der Waals surface area contributed by atoms with Crippen LogP contribution in [0.4, 0.5) is 11.8 Å². The van der Waals surface area contributed by atoms with Crippen LogP contribution in [0.1, 0.15) is 53.0 Å². The highest BCUT2D eigenvalue weighted by molar-refractivity contribution is 5.85. The number of aliphatic hydroxyl groups excluding tert-OH is 1. The SMILES string of the molecule is CC[C@H](Nc1nc(N(C)C2CC2)c2ncn(C(C)C)c2n1)[C@@H](C)O. The number of hydrogen-bond acceptors (Lipinski definition) is 6. The number of aliphatic hydroxyl groups is 1. The van der Waals surface area contributed by atoms with Crippen LogP contribution in [0.15, 0.2) is 6.33 Å². The van der Waals surface area contributed by atoms with Gasteiger partial charge in [-0.05, 0) is 40.0 Å². The molecule has 132 valence electrons. The summed E-state index contributed by atoms with van der Waals surface area (Å²) in [5.74, 6) is 1.42. The normalized spacial score (nSPS) is 17.3. The van der Waals surface area contributed by atoms with Crippen molar-refractivity contribution < 1.29 is 5.11 Å². The van der Waals surface area contributed by atoms with E-state index in [2.05, 4.69) is 45.6 Å². The van der Waals surface area contributed by atoms with Crippen molar-refractivity contribution >= 4 is 22.9 Å². The molecule has 2 aromatic rings. The van der Waals surface area contributed by atoms with Gasteiger partial charge in [0.2, 0.25) is 5.95 Å². The van der Waals surface area contributed by atoms with E-state index in [9.17, 15) is 5.11 Å². The first-order valence-corrected chi connectivity index (χ1v) is 8.84. The number of anilines is 2. The summed E-state index contributed by atoms with van der Waals surface area (Å²) in [7, 11) is 2.07. The Morgan fingerprint density at radius 3 is 2.58 bits per heavy atom. The van der Waals surface area contributed by atoms with Gasteiger partial charge in [0.1, 0.15) is 0 Å². The monoisotopic (exact) mass is 332 g/mol. The minimum absolute atomic E-state index is 0.0723. The van der Waals surface area contributed by atoms with E-state index in [-0.39, 0.29) is 12.1 Å². The van der Waals surface area contributed by atoms with Gasteiger partial charge in [0, 0.05) is 19.1 Å². The van der Waals surface area contributed by atoms with Crippen LogP contribution in [0.25, 0.3) is 11.2 Å². The van der Waals surface area contributed by atoms with Crippen molar-refractivity contribution in [2.24, 2.45) is 0 Å². The van der Waals surface area contributed by atoms with Crippen LogP contribution in [-0.4, -0.2) is 49.9 Å². The third-order valence-electron chi connectivity index (χ3n) is 4.72. The second kappa shape index (κ2) is 6.55. The van der Waals surface area contributed by atoms with Crippen molar-refractivity contribution in [1.82, 2.24) is 19.5 Å². The molecule has 0 aliphatic heterocycles. The van der Waals surface area contributed by atoms with Crippen LogP contribution >= 0.6 is 0 Å². The molecule has 1 saturated carbocycles. The topological polar surface area (TPSA) is 79.1 Å². The third kappa shape index (κ3) is 3.17. The van der Waals surface area contributed by atoms with Crippen molar-refractivity contribution in [3.63, 3.8) is 0 Å². The molecule has 7 nitrogen and oxygen atoms in total. The van der Waals surface area contributed by atoms with E-state index >= 15 is 0 Å². The summed E-state index contributed by atoms with van der Waals surface area (Å²) in [5, 5.41) is 13.2. The van der Waals surface area contributed by atoms with Crippen LogP contribution < -0.4 is 10.2 Å². The molecule has 3 rings (SSSR count). The number of nitrogens with one attached hydrogen (secondary N) is 1. The van der Waals surface area contributed by atoms with Crippen LogP contribution in [-0.2, 0) is 0 Å². The number of aromatic nitrogens is 4. The molecule has 24 heavy (non-hydrogen) atoms. The predicted molar refractivity (Wildman–Crippen MR) is 96.5 cm³/mol. The Bertz CT molecular complexity index is 706. The van der Waals surface area contributed by atoms with Gasteiger partial charge in [0.25, 0.3) is 0 Å². The van der Waals surface area contributed by atoms with Gasteiger partial charge in [0.05, 0.1) is 18.5 Å². The average molecular weight is 332 g/mol. The fourth-order valence-corrected chi connectivity index (χ4v) is 2.95. The van der Waals surface area contributed by atoms with E-state index < -0.39 is 6.10 Å². The molecule has 0 spiro atoms. The van der Waals surface area contributed by atoms with Crippen molar-refractivity contribution in [1.29, 1.82) is 0 Å². The molecule has 1 aliphatic rings. The molecule has 2 N–H and O–H groups in total. The number of hydrogen-bond donors (Lipinski definition) is 2. The Labute approximate surface area is 143 Å². The molecule has 2 atom stereocenters. The van der Waals surface area contributed by atoms with E-state index in [0.29, 0.717) is 12.0 Å². The Hall–Kier alpha value is -1.89. The summed E-state index contributed by atoms with van der Waals surface area (Å²) in [6.07, 6.45) is 4.57. The number of imidazole rings is 1. The molecular formula is C17H28N6O. The van der Waals surface area contributed by atoms with Gasteiger partial charge in [-0.3, -0.25) is 0 Å². The van der Waals surface area contributed by atoms with Crippen molar-refractivity contribution in [3.8, 4) is 0 Å². The Morgan fingerprint density at radius 1 is 1.33 bits per heavy atom. The van der Waals surface area contributed by atoms with Gasteiger partial charge in [-0.1, -0.05) is 6.92 Å². The average Bonchev–Trinajstić information content (AvgIpc) is 3.29. The lowest BCUT2D eigenvalue weighted by molar-refractivity contribution is 0.169. The molecule has 0 radical (unpaired) electrons. The maximum atomic E-state index is 9.92. The summed E-state index contributed by atoms with van der Waals surface area (Å²) < 4.78 is 2.07. The summed E-state index contributed by atoms with van der Waals surface area (Å²) in [5.41, 5.74) is 1.68. The van der Waals surface area contributed by atoms with Crippen molar-refractivity contribution in [2.75, 3.05) is 17.3 Å². The Morgan fingerprint density at radius 2 is 2.04 bits per heavy atom. The molecule has 1 aliphatic carbocycles. The summed E-state index contributed by atoms with van der Waals surface area (Å²) in [6.45, 7) is 8.06. The van der Waals surface area contributed by atoms with Gasteiger partial charge in [-0.2, -0.15) is 9.97 Å². The first-order chi connectivity index (χ1) is 11.4. The fourth-order valence-electron chi connectivity index (χ4n) is 2.95. The predicted octanol–water partition coefficient (Wildman–Crippen LogP) is 2.58. The lowest BCUT2D eigenvalue weighted by Gasteiger charge is -2.22. The maximum Gasteiger partial charge on any atom is 0.227 e. The molecular weight excluding hydrogens is 304 g/mol. The van der Waals surface area contributed by atoms with E-state index in [1.165, 1.54) is 12.8 Å². The lowest BCUT2D eigenvalue weighted by atomic mass is 10.1. The molecule has 1 fully saturated rings. The van der Waals surface area contributed by atoms with Gasteiger partial charge in [0.15, 0.2) is 17.0 Å². The van der Waals surface area contributed by atoms with Crippen LogP contribution in [0, 0.1) is 0 Å². The Balaban J connectivity index is 2.06. The summed E-state index contributed by atoms with van der Waals surface area (Å²) in [4.78, 5) is 16.2. The maximum absolute atomic E-state index is 9.92. The molecule has 0 bridgehead atoms. The zero-order valence-electron chi connectivity index (χ0n) is 15.2. The quantitative estimate of drug-likeness (QED) is 0.811. The van der Waals surface area contributed by atoms with Crippen molar-refractivity contribution in [2.45, 2.75) is 71.2 Å². The first kappa shape index (κ1) is 17.0. The van der Waals surface area contributed by atoms with E-state index in [1.807, 2.05) is 13.3 Å². The molecule has 0 aromatic carbocycles. The van der Waals surface area contributed by atoms with Crippen molar-refractivity contribution in [3.05, 3.63) is 6.33 Å². The molecule has 2 aromatic heterocycles. The third-order valence-corrected chi connectivity index (χ3v) is 4.72. The largest absolute Gasteiger partial charge is 0.391 e. The van der Waals surface area contributed by atoms with Gasteiger partial charge >= 0.3 is 0 Å². The second-order valence-corrected chi connectivity index (χ2v) is 7.03. The molecule has 2 heterocycles. The van der Waals surface area contributed by atoms with E-state index in [1.54, 1.807) is 6.92 Å². The van der Waals surface area contributed by atoms with Crippen LogP contribution in [0.5, 0.6) is 0 Å². The van der Waals surface area contributed by atoms with E-state index in [0.717, 1.165) is 23.4 Å². The highest BCUT2D eigenvalue weighted by Gasteiger charge is 2.30. The van der Waals surface area contributed by atoms with E-state index in [4.69, 9.17) is 4.98 Å². The summed E-state index contributed by atoms with van der Waals surface area (Å²) >= 11 is 0. The highest BCUT2D eigenvalue weighted by Crippen LogP contribution is 2.33. The number of rotatable bonds is 7. The van der Waals surface area contributed by atoms with Gasteiger partial charge < -0.3 is 19.9 Å². The highest BCUT2D eigenvalue weighted by atomic mass is 16.3. The van der Waals surface area contributed by atoms with Gasteiger partial charge in [-0.15, -0.1) is 0 Å². The molecule has 0 amide bonds.